The summed E-state index contributed by atoms with van der Waals surface area (Å²) in [5.74, 6) is -0.179. The Bertz CT molecular complexity index is 437. The molecule has 0 aliphatic rings. The van der Waals surface area contributed by atoms with E-state index in [4.69, 9.17) is 10.5 Å². The van der Waals surface area contributed by atoms with E-state index < -0.39 is 0 Å². The lowest BCUT2D eigenvalue weighted by Crippen LogP contribution is -2.24. The van der Waals surface area contributed by atoms with E-state index in [0.717, 1.165) is 18.4 Å². The number of hydrogen-bond donors (Lipinski definition) is 1. The third-order valence-corrected chi connectivity index (χ3v) is 3.85. The van der Waals surface area contributed by atoms with Crippen LogP contribution in [0.15, 0.2) is 24.3 Å². The Labute approximate surface area is 128 Å². The molecule has 0 aliphatic heterocycles. The highest BCUT2D eigenvalue weighted by Gasteiger charge is 2.25. The SMILES string of the molecule is CCCCc1ccc(C(N)CC(C)(C)CC(=O)OC)cc1. The number of aryl methyl sites for hydroxylation is 1. The molecule has 1 unspecified atom stereocenters. The summed E-state index contributed by atoms with van der Waals surface area (Å²) in [5.41, 5.74) is 8.63. The van der Waals surface area contributed by atoms with Gasteiger partial charge in [0.05, 0.1) is 13.5 Å². The maximum absolute atomic E-state index is 11.4. The summed E-state index contributed by atoms with van der Waals surface area (Å²) in [6.07, 6.45) is 4.71. The zero-order valence-electron chi connectivity index (χ0n) is 13.8. The molecule has 2 N–H and O–H groups in total. The molecule has 0 saturated heterocycles. The van der Waals surface area contributed by atoms with Crippen molar-refractivity contribution in [2.24, 2.45) is 11.1 Å². The third-order valence-electron chi connectivity index (χ3n) is 3.85. The summed E-state index contributed by atoms with van der Waals surface area (Å²) in [6, 6.07) is 8.51. The Morgan fingerprint density at radius 2 is 1.90 bits per heavy atom. The van der Waals surface area contributed by atoms with Gasteiger partial charge in [-0.05, 0) is 35.8 Å². The number of benzene rings is 1. The third kappa shape index (κ3) is 6.30. The van der Waals surface area contributed by atoms with Crippen molar-refractivity contribution in [1.82, 2.24) is 0 Å². The van der Waals surface area contributed by atoms with E-state index in [1.165, 1.54) is 25.5 Å². The molecule has 1 aromatic rings. The number of hydrogen-bond acceptors (Lipinski definition) is 3. The standard InChI is InChI=1S/C18H29NO2/c1-5-6-7-14-8-10-15(11-9-14)16(19)12-18(2,3)13-17(20)21-4/h8-11,16H,5-7,12-13,19H2,1-4H3. The number of carbonyl (C=O) groups excluding carboxylic acids is 1. The van der Waals surface area contributed by atoms with E-state index in [2.05, 4.69) is 45.0 Å². The molecule has 0 radical (unpaired) electrons. The van der Waals surface area contributed by atoms with Gasteiger partial charge in [0.1, 0.15) is 0 Å². The number of nitrogens with two attached hydrogens (primary N) is 1. The molecule has 21 heavy (non-hydrogen) atoms. The second-order valence-electron chi connectivity index (χ2n) is 6.57. The van der Waals surface area contributed by atoms with Crippen molar-refractivity contribution < 1.29 is 9.53 Å². The molecule has 3 heteroatoms. The highest BCUT2D eigenvalue weighted by Crippen LogP contribution is 2.32. The van der Waals surface area contributed by atoms with Gasteiger partial charge in [-0.25, -0.2) is 0 Å². The number of rotatable bonds is 8. The molecule has 0 bridgehead atoms. The van der Waals surface area contributed by atoms with Crippen LogP contribution in [-0.2, 0) is 16.0 Å². The van der Waals surface area contributed by atoms with Crippen molar-refractivity contribution in [1.29, 1.82) is 0 Å². The van der Waals surface area contributed by atoms with Gasteiger partial charge >= 0.3 is 5.97 Å². The quantitative estimate of drug-likeness (QED) is 0.736. The first-order chi connectivity index (χ1) is 9.88. The molecule has 0 aromatic heterocycles. The lowest BCUT2D eigenvalue weighted by atomic mass is 9.81. The van der Waals surface area contributed by atoms with E-state index in [1.54, 1.807) is 0 Å². The number of methoxy groups -OCH3 is 1. The van der Waals surface area contributed by atoms with E-state index in [0.29, 0.717) is 6.42 Å². The lowest BCUT2D eigenvalue weighted by molar-refractivity contribution is -0.143. The molecular weight excluding hydrogens is 262 g/mol. The van der Waals surface area contributed by atoms with E-state index in [1.807, 2.05) is 0 Å². The normalized spacial score (nSPS) is 13.0. The first kappa shape index (κ1) is 17.7. The van der Waals surface area contributed by atoms with Crippen molar-refractivity contribution in [3.63, 3.8) is 0 Å². The minimum atomic E-state index is -0.179. The van der Waals surface area contributed by atoms with Crippen LogP contribution in [0, 0.1) is 5.41 Å². The minimum Gasteiger partial charge on any atom is -0.469 e. The molecule has 0 heterocycles. The van der Waals surface area contributed by atoms with E-state index in [9.17, 15) is 4.79 Å². The summed E-state index contributed by atoms with van der Waals surface area (Å²) in [4.78, 5) is 11.4. The van der Waals surface area contributed by atoms with E-state index in [-0.39, 0.29) is 17.4 Å². The molecule has 118 valence electrons. The second-order valence-corrected chi connectivity index (χ2v) is 6.57. The number of unbranched alkanes of at least 4 members (excludes halogenated alkanes) is 1. The topological polar surface area (TPSA) is 52.3 Å². The van der Waals surface area contributed by atoms with Crippen LogP contribution in [0.3, 0.4) is 0 Å². The Morgan fingerprint density at radius 1 is 1.29 bits per heavy atom. The van der Waals surface area contributed by atoms with Crippen molar-refractivity contribution in [3.8, 4) is 0 Å². The summed E-state index contributed by atoms with van der Waals surface area (Å²) >= 11 is 0. The first-order valence-corrected chi connectivity index (χ1v) is 7.79. The first-order valence-electron chi connectivity index (χ1n) is 7.79. The second kappa shape index (κ2) is 8.18. The van der Waals surface area contributed by atoms with Crippen molar-refractivity contribution in [2.75, 3.05) is 7.11 Å². The van der Waals surface area contributed by atoms with E-state index >= 15 is 0 Å². The van der Waals surface area contributed by atoms with Gasteiger partial charge in [0.25, 0.3) is 0 Å². The monoisotopic (exact) mass is 291 g/mol. The van der Waals surface area contributed by atoms with Crippen LogP contribution in [0.4, 0.5) is 0 Å². The average molecular weight is 291 g/mol. The molecule has 0 fully saturated rings. The number of ether oxygens (including phenoxy) is 1. The van der Waals surface area contributed by atoms with Gasteiger partial charge in [0.2, 0.25) is 0 Å². The van der Waals surface area contributed by atoms with Crippen LogP contribution in [-0.4, -0.2) is 13.1 Å². The van der Waals surface area contributed by atoms with Gasteiger partial charge in [-0.15, -0.1) is 0 Å². The molecule has 1 aromatic carbocycles. The maximum Gasteiger partial charge on any atom is 0.306 e. The summed E-state index contributed by atoms with van der Waals surface area (Å²) in [5, 5.41) is 0. The average Bonchev–Trinajstić information content (AvgIpc) is 2.44. The fourth-order valence-corrected chi connectivity index (χ4v) is 2.56. The summed E-state index contributed by atoms with van der Waals surface area (Å²) in [6.45, 7) is 6.31. The predicted molar refractivity (Wildman–Crippen MR) is 87.0 cm³/mol. The highest BCUT2D eigenvalue weighted by atomic mass is 16.5. The lowest BCUT2D eigenvalue weighted by Gasteiger charge is -2.27. The van der Waals surface area contributed by atoms with Crippen molar-refractivity contribution >= 4 is 5.97 Å². The van der Waals surface area contributed by atoms with Gasteiger partial charge in [-0.2, -0.15) is 0 Å². The predicted octanol–water partition coefficient (Wildman–Crippen LogP) is 4.01. The highest BCUT2D eigenvalue weighted by molar-refractivity contribution is 5.69. The van der Waals surface area contributed by atoms with Crippen LogP contribution in [0.2, 0.25) is 0 Å². The molecule has 1 rings (SSSR count). The van der Waals surface area contributed by atoms with Gasteiger partial charge < -0.3 is 10.5 Å². The molecular formula is C18H29NO2. The largest absolute Gasteiger partial charge is 0.469 e. The zero-order valence-corrected chi connectivity index (χ0v) is 13.8. The number of esters is 1. The zero-order chi connectivity index (χ0) is 15.9. The number of carbonyl (C=O) groups is 1. The molecule has 1 atom stereocenters. The van der Waals surface area contributed by atoms with Gasteiger partial charge in [0.15, 0.2) is 0 Å². The smallest absolute Gasteiger partial charge is 0.306 e. The molecule has 0 spiro atoms. The van der Waals surface area contributed by atoms with Gasteiger partial charge in [0, 0.05) is 6.04 Å². The van der Waals surface area contributed by atoms with Crippen LogP contribution in [0.5, 0.6) is 0 Å². The fraction of sp³-hybridized carbons (Fsp3) is 0.611. The van der Waals surface area contributed by atoms with Crippen molar-refractivity contribution in [3.05, 3.63) is 35.4 Å². The van der Waals surface area contributed by atoms with Gasteiger partial charge in [-0.1, -0.05) is 51.5 Å². The van der Waals surface area contributed by atoms with Crippen molar-refractivity contribution in [2.45, 2.75) is 58.9 Å². The van der Waals surface area contributed by atoms with Crippen LogP contribution >= 0.6 is 0 Å². The summed E-state index contributed by atoms with van der Waals surface area (Å²) < 4.78 is 4.75. The molecule has 0 aliphatic carbocycles. The Hall–Kier alpha value is -1.35. The van der Waals surface area contributed by atoms with Gasteiger partial charge in [-0.3, -0.25) is 4.79 Å². The van der Waals surface area contributed by atoms with Crippen LogP contribution < -0.4 is 5.73 Å². The Kier molecular flexibility index (Phi) is 6.90. The Morgan fingerprint density at radius 3 is 2.43 bits per heavy atom. The summed E-state index contributed by atoms with van der Waals surface area (Å²) in [7, 11) is 1.42. The molecule has 3 nitrogen and oxygen atoms in total. The van der Waals surface area contributed by atoms with Crippen LogP contribution in [0.25, 0.3) is 0 Å². The minimum absolute atomic E-state index is 0.0510. The molecule has 0 amide bonds. The Balaban J connectivity index is 2.62. The molecule has 0 saturated carbocycles. The fourth-order valence-electron chi connectivity index (χ4n) is 2.56. The van der Waals surface area contributed by atoms with Crippen LogP contribution in [0.1, 0.15) is 63.6 Å². The maximum atomic E-state index is 11.4.